The van der Waals surface area contributed by atoms with Gasteiger partial charge >= 0.3 is 6.03 Å². The Hall–Kier alpha value is -1.91. The van der Waals surface area contributed by atoms with Gasteiger partial charge in [-0.15, -0.1) is 0 Å². The van der Waals surface area contributed by atoms with Crippen molar-refractivity contribution in [3.8, 4) is 0 Å². The molecule has 0 aliphatic carbocycles. The van der Waals surface area contributed by atoms with Crippen molar-refractivity contribution < 1.29 is 4.79 Å². The van der Waals surface area contributed by atoms with Gasteiger partial charge in [-0.2, -0.15) is 0 Å². The van der Waals surface area contributed by atoms with Crippen LogP contribution in [0.15, 0.2) is 48.5 Å². The van der Waals surface area contributed by atoms with Gasteiger partial charge in [0.1, 0.15) is 0 Å². The van der Waals surface area contributed by atoms with E-state index in [2.05, 4.69) is 22.3 Å². The third-order valence-corrected chi connectivity index (χ3v) is 4.75. The van der Waals surface area contributed by atoms with Crippen LogP contribution in [0, 0.1) is 0 Å². The number of piperazine rings is 1. The van der Waals surface area contributed by atoms with Gasteiger partial charge in [0.25, 0.3) is 0 Å². The van der Waals surface area contributed by atoms with Gasteiger partial charge in [-0.1, -0.05) is 53.5 Å². The minimum Gasteiger partial charge on any atom is -0.368 e. The molecular formula is C19H21Cl2N3O. The van der Waals surface area contributed by atoms with Crippen molar-refractivity contribution in [1.82, 2.24) is 10.2 Å². The van der Waals surface area contributed by atoms with Gasteiger partial charge in [-0.3, -0.25) is 0 Å². The molecule has 0 radical (unpaired) electrons. The van der Waals surface area contributed by atoms with Gasteiger partial charge in [-0.25, -0.2) is 4.79 Å². The SMILES string of the molecule is O=C(NCCc1ccccc1)N1CCN(c2cc(Cl)cc(Cl)c2)CC1. The summed E-state index contributed by atoms with van der Waals surface area (Å²) in [6.45, 7) is 3.54. The smallest absolute Gasteiger partial charge is 0.317 e. The summed E-state index contributed by atoms with van der Waals surface area (Å²) < 4.78 is 0. The molecule has 0 bridgehead atoms. The number of hydrogen-bond donors (Lipinski definition) is 1. The minimum atomic E-state index is -0.000271. The molecular weight excluding hydrogens is 357 g/mol. The Labute approximate surface area is 158 Å². The lowest BCUT2D eigenvalue weighted by molar-refractivity contribution is 0.194. The Morgan fingerprint density at radius 3 is 2.24 bits per heavy atom. The van der Waals surface area contributed by atoms with Crippen LogP contribution >= 0.6 is 23.2 Å². The van der Waals surface area contributed by atoms with Crippen molar-refractivity contribution in [3.05, 3.63) is 64.1 Å². The first kappa shape index (κ1) is 17.9. The number of carbonyl (C=O) groups excluding carboxylic acids is 1. The second kappa shape index (κ2) is 8.45. The molecule has 1 aliphatic rings. The Balaban J connectivity index is 1.46. The number of amides is 2. The maximum Gasteiger partial charge on any atom is 0.317 e. The van der Waals surface area contributed by atoms with E-state index in [-0.39, 0.29) is 6.03 Å². The van der Waals surface area contributed by atoms with E-state index < -0.39 is 0 Å². The average Bonchev–Trinajstić information content (AvgIpc) is 2.62. The maximum atomic E-state index is 12.3. The number of nitrogens with zero attached hydrogens (tertiary/aromatic N) is 2. The Morgan fingerprint density at radius 1 is 0.960 bits per heavy atom. The van der Waals surface area contributed by atoms with Crippen LogP contribution in [0.3, 0.4) is 0 Å². The molecule has 1 fully saturated rings. The first-order valence-electron chi connectivity index (χ1n) is 8.39. The molecule has 0 aromatic heterocycles. The van der Waals surface area contributed by atoms with Crippen LogP contribution in [0.4, 0.5) is 10.5 Å². The van der Waals surface area contributed by atoms with E-state index in [1.165, 1.54) is 5.56 Å². The van der Waals surface area contributed by atoms with Gasteiger partial charge in [0, 0.05) is 48.5 Å². The number of urea groups is 1. The van der Waals surface area contributed by atoms with Crippen molar-refractivity contribution in [2.75, 3.05) is 37.6 Å². The van der Waals surface area contributed by atoms with Crippen LogP contribution in [0.1, 0.15) is 5.56 Å². The van der Waals surface area contributed by atoms with Crippen molar-refractivity contribution >= 4 is 34.9 Å². The molecule has 0 saturated carbocycles. The average molecular weight is 378 g/mol. The lowest BCUT2D eigenvalue weighted by atomic mass is 10.1. The van der Waals surface area contributed by atoms with Gasteiger partial charge in [0.2, 0.25) is 0 Å². The highest BCUT2D eigenvalue weighted by Crippen LogP contribution is 2.26. The van der Waals surface area contributed by atoms with Crippen molar-refractivity contribution in [2.24, 2.45) is 0 Å². The fraction of sp³-hybridized carbons (Fsp3) is 0.316. The number of hydrogen-bond acceptors (Lipinski definition) is 2. The molecule has 1 aliphatic heterocycles. The zero-order chi connectivity index (χ0) is 17.6. The zero-order valence-electron chi connectivity index (χ0n) is 13.9. The molecule has 2 amide bonds. The van der Waals surface area contributed by atoms with E-state index in [9.17, 15) is 4.79 Å². The van der Waals surface area contributed by atoms with E-state index in [0.717, 1.165) is 25.2 Å². The molecule has 4 nitrogen and oxygen atoms in total. The molecule has 2 aromatic carbocycles. The normalized spacial score (nSPS) is 14.5. The van der Waals surface area contributed by atoms with Crippen LogP contribution in [0.25, 0.3) is 0 Å². The van der Waals surface area contributed by atoms with E-state index in [1.807, 2.05) is 35.2 Å². The minimum absolute atomic E-state index is 0.000271. The highest BCUT2D eigenvalue weighted by Gasteiger charge is 2.21. The highest BCUT2D eigenvalue weighted by molar-refractivity contribution is 6.35. The van der Waals surface area contributed by atoms with Crippen molar-refractivity contribution in [3.63, 3.8) is 0 Å². The summed E-state index contributed by atoms with van der Waals surface area (Å²) in [5, 5.41) is 4.26. The van der Waals surface area contributed by atoms with Crippen LogP contribution in [-0.2, 0) is 6.42 Å². The predicted octanol–water partition coefficient (Wildman–Crippen LogP) is 4.07. The molecule has 6 heteroatoms. The molecule has 0 atom stereocenters. The fourth-order valence-corrected chi connectivity index (χ4v) is 3.47. The zero-order valence-corrected chi connectivity index (χ0v) is 15.4. The topological polar surface area (TPSA) is 35.6 Å². The van der Waals surface area contributed by atoms with Crippen LogP contribution in [0.5, 0.6) is 0 Å². The van der Waals surface area contributed by atoms with Crippen molar-refractivity contribution in [1.29, 1.82) is 0 Å². The third kappa shape index (κ3) is 5.03. The first-order valence-corrected chi connectivity index (χ1v) is 9.15. The van der Waals surface area contributed by atoms with Crippen molar-refractivity contribution in [2.45, 2.75) is 6.42 Å². The Kier molecular flexibility index (Phi) is 6.05. The summed E-state index contributed by atoms with van der Waals surface area (Å²) >= 11 is 12.1. The van der Waals surface area contributed by atoms with E-state index in [1.54, 1.807) is 6.07 Å². The van der Waals surface area contributed by atoms with Gasteiger partial charge in [0.05, 0.1) is 0 Å². The second-order valence-corrected chi connectivity index (χ2v) is 6.94. The largest absolute Gasteiger partial charge is 0.368 e. The Morgan fingerprint density at radius 2 is 1.60 bits per heavy atom. The molecule has 1 heterocycles. The quantitative estimate of drug-likeness (QED) is 0.871. The van der Waals surface area contributed by atoms with Crippen LogP contribution in [0.2, 0.25) is 10.0 Å². The fourth-order valence-electron chi connectivity index (χ4n) is 2.96. The Bertz CT molecular complexity index is 696. The maximum absolute atomic E-state index is 12.3. The molecule has 1 saturated heterocycles. The molecule has 0 unspecified atom stereocenters. The van der Waals surface area contributed by atoms with E-state index in [0.29, 0.717) is 29.7 Å². The van der Waals surface area contributed by atoms with E-state index in [4.69, 9.17) is 23.2 Å². The number of rotatable bonds is 4. The summed E-state index contributed by atoms with van der Waals surface area (Å²) in [5.41, 5.74) is 2.23. The molecule has 25 heavy (non-hydrogen) atoms. The van der Waals surface area contributed by atoms with E-state index >= 15 is 0 Å². The molecule has 132 valence electrons. The summed E-state index contributed by atoms with van der Waals surface area (Å²) in [6, 6.07) is 15.7. The summed E-state index contributed by atoms with van der Waals surface area (Å²) in [4.78, 5) is 16.3. The number of carbonyl (C=O) groups is 1. The summed E-state index contributed by atoms with van der Waals surface area (Å²) in [5.74, 6) is 0. The van der Waals surface area contributed by atoms with Gasteiger partial charge in [-0.05, 0) is 30.2 Å². The molecule has 1 N–H and O–H groups in total. The summed E-state index contributed by atoms with van der Waals surface area (Å²) in [7, 11) is 0. The van der Waals surface area contributed by atoms with Crippen LogP contribution in [-0.4, -0.2) is 43.7 Å². The molecule has 3 rings (SSSR count). The second-order valence-electron chi connectivity index (χ2n) is 6.07. The standard InChI is InChI=1S/C19H21Cl2N3O/c20-16-12-17(21)14-18(13-16)23-8-10-24(11-9-23)19(25)22-7-6-15-4-2-1-3-5-15/h1-5,12-14H,6-11H2,(H,22,25). The first-order chi connectivity index (χ1) is 12.1. The third-order valence-electron chi connectivity index (χ3n) is 4.31. The monoisotopic (exact) mass is 377 g/mol. The van der Waals surface area contributed by atoms with Crippen LogP contribution < -0.4 is 10.2 Å². The number of benzene rings is 2. The lowest BCUT2D eigenvalue weighted by Crippen LogP contribution is -2.52. The number of nitrogens with one attached hydrogen (secondary N) is 1. The predicted molar refractivity (Wildman–Crippen MR) is 104 cm³/mol. The number of anilines is 1. The molecule has 2 aromatic rings. The summed E-state index contributed by atoms with van der Waals surface area (Å²) in [6.07, 6.45) is 0.841. The van der Waals surface area contributed by atoms with Gasteiger partial charge in [0.15, 0.2) is 0 Å². The molecule has 0 spiro atoms. The lowest BCUT2D eigenvalue weighted by Gasteiger charge is -2.36. The van der Waals surface area contributed by atoms with Gasteiger partial charge < -0.3 is 15.1 Å². The number of halogens is 2. The highest BCUT2D eigenvalue weighted by atomic mass is 35.5.